The zero-order chi connectivity index (χ0) is 18.2. The van der Waals surface area contributed by atoms with Gasteiger partial charge in [0.05, 0.1) is 11.5 Å². The van der Waals surface area contributed by atoms with Gasteiger partial charge in [0, 0.05) is 30.9 Å². The normalized spacial score (nSPS) is 19.0. The zero-order valence-corrected chi connectivity index (χ0v) is 14.6. The maximum atomic E-state index is 13.3. The van der Waals surface area contributed by atoms with Crippen LogP contribution in [-0.2, 0) is 9.84 Å². The first kappa shape index (κ1) is 17.5. The summed E-state index contributed by atoms with van der Waals surface area (Å²) in [6, 6.07) is 4.99. The van der Waals surface area contributed by atoms with E-state index in [-0.39, 0.29) is 17.5 Å². The average Bonchev–Trinajstić information content (AvgIpc) is 2.90. The van der Waals surface area contributed by atoms with E-state index >= 15 is 0 Å². The third kappa shape index (κ3) is 4.04. The van der Waals surface area contributed by atoms with Crippen LogP contribution in [0.5, 0.6) is 0 Å². The first-order valence-corrected chi connectivity index (χ1v) is 9.57. The fourth-order valence-electron chi connectivity index (χ4n) is 2.79. The fourth-order valence-corrected chi connectivity index (χ4v) is 4.56. The van der Waals surface area contributed by atoms with E-state index in [0.717, 1.165) is 12.1 Å². The molecule has 2 heterocycles. The number of nitrogens with one attached hydrogen (secondary N) is 1. The lowest BCUT2D eigenvalue weighted by Crippen LogP contribution is -2.33. The van der Waals surface area contributed by atoms with Gasteiger partial charge in [0.1, 0.15) is 17.5 Å². The van der Waals surface area contributed by atoms with Gasteiger partial charge in [-0.25, -0.2) is 27.2 Å². The Morgan fingerprint density at radius 2 is 1.96 bits per heavy atom. The SMILES string of the molecule is Cc1nc(Nc2ccc(F)c(F)c2)cc(N(C)C2CCS(=O)(=O)C2)n1. The maximum absolute atomic E-state index is 13.3. The van der Waals surface area contributed by atoms with Gasteiger partial charge in [-0.2, -0.15) is 0 Å². The summed E-state index contributed by atoms with van der Waals surface area (Å²) in [7, 11) is -1.22. The van der Waals surface area contributed by atoms with Crippen molar-refractivity contribution in [3.05, 3.63) is 41.7 Å². The molecule has 0 saturated carbocycles. The lowest BCUT2D eigenvalue weighted by Gasteiger charge is -2.25. The molecular formula is C16H18F2N4O2S. The Kier molecular flexibility index (Phi) is 4.59. The molecular weight excluding hydrogens is 350 g/mol. The number of anilines is 3. The van der Waals surface area contributed by atoms with Gasteiger partial charge < -0.3 is 10.2 Å². The van der Waals surface area contributed by atoms with Crippen LogP contribution in [0.3, 0.4) is 0 Å². The molecule has 1 fully saturated rings. The number of sulfone groups is 1. The molecule has 0 bridgehead atoms. The van der Waals surface area contributed by atoms with Crippen molar-refractivity contribution in [3.8, 4) is 0 Å². The Morgan fingerprint density at radius 3 is 2.60 bits per heavy atom. The van der Waals surface area contributed by atoms with Gasteiger partial charge in [0.2, 0.25) is 0 Å². The van der Waals surface area contributed by atoms with Gasteiger partial charge in [0.15, 0.2) is 21.5 Å². The number of aryl methyl sites for hydroxylation is 1. The maximum Gasteiger partial charge on any atom is 0.160 e. The van der Waals surface area contributed by atoms with Crippen LogP contribution >= 0.6 is 0 Å². The van der Waals surface area contributed by atoms with E-state index in [0.29, 0.717) is 29.6 Å². The highest BCUT2D eigenvalue weighted by molar-refractivity contribution is 7.91. The Hall–Kier alpha value is -2.29. The van der Waals surface area contributed by atoms with Crippen LogP contribution in [0.4, 0.5) is 26.1 Å². The Bertz CT molecular complexity index is 905. The quantitative estimate of drug-likeness (QED) is 0.893. The second-order valence-corrected chi connectivity index (χ2v) is 8.31. The second-order valence-electron chi connectivity index (χ2n) is 6.08. The molecule has 25 heavy (non-hydrogen) atoms. The van der Waals surface area contributed by atoms with E-state index < -0.39 is 21.5 Å². The highest BCUT2D eigenvalue weighted by atomic mass is 32.2. The van der Waals surface area contributed by atoms with Crippen LogP contribution in [0.15, 0.2) is 24.3 Å². The molecule has 1 N–H and O–H groups in total. The third-order valence-electron chi connectivity index (χ3n) is 4.13. The number of aromatic nitrogens is 2. The summed E-state index contributed by atoms with van der Waals surface area (Å²) in [4.78, 5) is 10.4. The van der Waals surface area contributed by atoms with E-state index in [4.69, 9.17) is 0 Å². The van der Waals surface area contributed by atoms with Gasteiger partial charge in [-0.3, -0.25) is 0 Å². The van der Waals surface area contributed by atoms with Crippen molar-refractivity contribution in [1.29, 1.82) is 0 Å². The van der Waals surface area contributed by atoms with Crippen molar-refractivity contribution in [2.75, 3.05) is 28.8 Å². The highest BCUT2D eigenvalue weighted by Crippen LogP contribution is 2.25. The standard InChI is InChI=1S/C16H18F2N4O2S/c1-10-19-15(21-11-3-4-13(17)14(18)7-11)8-16(20-10)22(2)12-5-6-25(23,24)9-12/h3-4,7-8,12H,5-6,9H2,1-2H3,(H,19,20,21). The number of hydrogen-bond acceptors (Lipinski definition) is 6. The van der Waals surface area contributed by atoms with E-state index in [1.807, 2.05) is 4.90 Å². The molecule has 2 aromatic rings. The predicted octanol–water partition coefficient (Wildman–Crippen LogP) is 2.43. The lowest BCUT2D eigenvalue weighted by molar-refractivity contribution is 0.509. The van der Waals surface area contributed by atoms with E-state index in [2.05, 4.69) is 15.3 Å². The molecule has 1 aliphatic heterocycles. The summed E-state index contributed by atoms with van der Waals surface area (Å²) >= 11 is 0. The van der Waals surface area contributed by atoms with Crippen molar-refractivity contribution >= 4 is 27.2 Å². The molecule has 134 valence electrons. The monoisotopic (exact) mass is 368 g/mol. The van der Waals surface area contributed by atoms with Crippen LogP contribution in [0.2, 0.25) is 0 Å². The van der Waals surface area contributed by atoms with Crippen LogP contribution in [-0.4, -0.2) is 43.0 Å². The number of halogens is 2. The minimum Gasteiger partial charge on any atom is -0.355 e. The summed E-state index contributed by atoms with van der Waals surface area (Å²) in [6.07, 6.45) is 0.549. The smallest absolute Gasteiger partial charge is 0.160 e. The number of rotatable bonds is 4. The second kappa shape index (κ2) is 6.55. The number of hydrogen-bond donors (Lipinski definition) is 1. The number of nitrogens with zero attached hydrogens (tertiary/aromatic N) is 3. The summed E-state index contributed by atoms with van der Waals surface area (Å²) in [6.45, 7) is 1.71. The van der Waals surface area contributed by atoms with Crippen molar-refractivity contribution in [1.82, 2.24) is 9.97 Å². The summed E-state index contributed by atoms with van der Waals surface area (Å²) in [5.74, 6) is -0.141. The van der Waals surface area contributed by atoms with E-state index in [1.54, 1.807) is 20.0 Å². The summed E-state index contributed by atoms with van der Waals surface area (Å²) < 4.78 is 49.7. The first-order chi connectivity index (χ1) is 11.7. The molecule has 0 radical (unpaired) electrons. The number of benzene rings is 1. The Morgan fingerprint density at radius 1 is 1.20 bits per heavy atom. The molecule has 9 heteroatoms. The Labute approximate surface area is 144 Å². The zero-order valence-electron chi connectivity index (χ0n) is 13.8. The minimum atomic E-state index is -3.00. The highest BCUT2D eigenvalue weighted by Gasteiger charge is 2.31. The fraction of sp³-hybridized carbons (Fsp3) is 0.375. The van der Waals surface area contributed by atoms with Gasteiger partial charge in [-0.1, -0.05) is 0 Å². The Balaban J connectivity index is 1.84. The van der Waals surface area contributed by atoms with Crippen LogP contribution in [0, 0.1) is 18.6 Å². The van der Waals surface area contributed by atoms with Crippen LogP contribution in [0.25, 0.3) is 0 Å². The van der Waals surface area contributed by atoms with Gasteiger partial charge in [-0.05, 0) is 25.5 Å². The molecule has 0 aliphatic carbocycles. The average molecular weight is 368 g/mol. The predicted molar refractivity (Wildman–Crippen MR) is 91.9 cm³/mol. The van der Waals surface area contributed by atoms with Crippen LogP contribution in [0.1, 0.15) is 12.2 Å². The largest absolute Gasteiger partial charge is 0.355 e. The molecule has 1 atom stereocenters. The third-order valence-corrected chi connectivity index (χ3v) is 5.88. The van der Waals surface area contributed by atoms with Crippen molar-refractivity contribution in [2.45, 2.75) is 19.4 Å². The molecule has 1 unspecified atom stereocenters. The minimum absolute atomic E-state index is 0.0957. The summed E-state index contributed by atoms with van der Waals surface area (Å²) in [5.41, 5.74) is 0.356. The van der Waals surface area contributed by atoms with Gasteiger partial charge in [0.25, 0.3) is 0 Å². The van der Waals surface area contributed by atoms with Gasteiger partial charge in [-0.15, -0.1) is 0 Å². The van der Waals surface area contributed by atoms with Crippen molar-refractivity contribution < 1.29 is 17.2 Å². The van der Waals surface area contributed by atoms with E-state index in [1.165, 1.54) is 6.07 Å². The molecule has 0 amide bonds. The van der Waals surface area contributed by atoms with E-state index in [9.17, 15) is 17.2 Å². The van der Waals surface area contributed by atoms with Gasteiger partial charge >= 0.3 is 0 Å². The molecule has 1 aromatic carbocycles. The molecule has 1 saturated heterocycles. The molecule has 6 nitrogen and oxygen atoms in total. The molecule has 1 aromatic heterocycles. The van der Waals surface area contributed by atoms with Crippen molar-refractivity contribution in [2.24, 2.45) is 0 Å². The first-order valence-electron chi connectivity index (χ1n) is 7.74. The molecule has 0 spiro atoms. The summed E-state index contributed by atoms with van der Waals surface area (Å²) in [5, 5.41) is 2.91. The molecule has 3 rings (SSSR count). The van der Waals surface area contributed by atoms with Crippen LogP contribution < -0.4 is 10.2 Å². The lowest BCUT2D eigenvalue weighted by atomic mass is 10.2. The topological polar surface area (TPSA) is 75.2 Å². The van der Waals surface area contributed by atoms with Crippen molar-refractivity contribution in [3.63, 3.8) is 0 Å². The molecule has 1 aliphatic rings.